The van der Waals surface area contributed by atoms with Gasteiger partial charge in [-0.15, -0.1) is 0 Å². The molecule has 0 aliphatic carbocycles. The molecule has 0 unspecified atom stereocenters. The van der Waals surface area contributed by atoms with Crippen molar-refractivity contribution in [3.63, 3.8) is 0 Å². The second kappa shape index (κ2) is 6.17. The Morgan fingerprint density at radius 1 is 0.905 bits per heavy atom. The van der Waals surface area contributed by atoms with Gasteiger partial charge in [0, 0.05) is 5.56 Å². The Morgan fingerprint density at radius 3 is 2.19 bits per heavy atom. The van der Waals surface area contributed by atoms with Crippen LogP contribution in [0.25, 0.3) is 11.1 Å². The van der Waals surface area contributed by atoms with Crippen LogP contribution in [0.15, 0.2) is 36.4 Å². The molecule has 5 nitrogen and oxygen atoms in total. The molecule has 1 N–H and O–H groups in total. The minimum absolute atomic E-state index is 0.114. The predicted molar refractivity (Wildman–Crippen MR) is 78.5 cm³/mol. The topological polar surface area (TPSA) is 65.0 Å². The Balaban J connectivity index is 2.58. The highest BCUT2D eigenvalue weighted by molar-refractivity contribution is 5.92. The first kappa shape index (κ1) is 14.7. The van der Waals surface area contributed by atoms with E-state index >= 15 is 0 Å². The van der Waals surface area contributed by atoms with Gasteiger partial charge in [0.05, 0.1) is 21.3 Å². The molecule has 5 heteroatoms. The summed E-state index contributed by atoms with van der Waals surface area (Å²) in [6, 6.07) is 10.3. The minimum Gasteiger partial charge on any atom is -0.497 e. The molecule has 0 fully saturated rings. The second-order valence-electron chi connectivity index (χ2n) is 4.29. The van der Waals surface area contributed by atoms with Crippen LogP contribution in [0.4, 0.5) is 0 Å². The molecular weight excluding hydrogens is 272 g/mol. The molecule has 0 saturated heterocycles. The summed E-state index contributed by atoms with van der Waals surface area (Å²) >= 11 is 0. The van der Waals surface area contributed by atoms with Gasteiger partial charge in [-0.05, 0) is 35.9 Å². The quantitative estimate of drug-likeness (QED) is 0.916. The molecule has 2 aromatic carbocycles. The van der Waals surface area contributed by atoms with E-state index in [2.05, 4.69) is 0 Å². The normalized spacial score (nSPS) is 10.0. The van der Waals surface area contributed by atoms with Gasteiger partial charge < -0.3 is 19.3 Å². The highest BCUT2D eigenvalue weighted by atomic mass is 16.5. The maximum atomic E-state index is 11.1. The Bertz CT molecular complexity index is 664. The van der Waals surface area contributed by atoms with Gasteiger partial charge >= 0.3 is 5.97 Å². The number of carboxylic acid groups (broad SMARTS) is 1. The number of hydrogen-bond donors (Lipinski definition) is 1. The van der Waals surface area contributed by atoms with Crippen LogP contribution in [-0.4, -0.2) is 32.4 Å². The van der Waals surface area contributed by atoms with Crippen molar-refractivity contribution in [1.29, 1.82) is 0 Å². The number of aromatic carboxylic acids is 1. The van der Waals surface area contributed by atoms with Gasteiger partial charge in [0.2, 0.25) is 0 Å². The molecule has 0 atom stereocenters. The molecule has 0 aliphatic heterocycles. The molecule has 0 amide bonds. The molecule has 2 aromatic rings. The van der Waals surface area contributed by atoms with Gasteiger partial charge in [-0.3, -0.25) is 0 Å². The molecule has 0 aromatic heterocycles. The fraction of sp³-hybridized carbons (Fsp3) is 0.188. The molecule has 0 heterocycles. The fourth-order valence-electron chi connectivity index (χ4n) is 2.08. The molecular formula is C16H16O5. The van der Waals surface area contributed by atoms with Crippen molar-refractivity contribution in [2.45, 2.75) is 0 Å². The Kier molecular flexibility index (Phi) is 4.33. The molecule has 0 spiro atoms. The van der Waals surface area contributed by atoms with Crippen LogP contribution in [0.2, 0.25) is 0 Å². The van der Waals surface area contributed by atoms with E-state index in [-0.39, 0.29) is 5.56 Å². The lowest BCUT2D eigenvalue weighted by molar-refractivity contribution is 0.0693. The number of carboxylic acids is 1. The zero-order valence-electron chi connectivity index (χ0n) is 12.0. The van der Waals surface area contributed by atoms with Crippen molar-refractivity contribution in [3.05, 3.63) is 42.0 Å². The van der Waals surface area contributed by atoms with Gasteiger partial charge in [0.25, 0.3) is 0 Å². The SMILES string of the molecule is COc1ccc(OC)c(-c2ccc(C(=O)O)c(OC)c2)c1. The van der Waals surface area contributed by atoms with E-state index in [0.717, 1.165) is 11.1 Å². The summed E-state index contributed by atoms with van der Waals surface area (Å²) in [5.41, 5.74) is 1.70. The van der Waals surface area contributed by atoms with Crippen molar-refractivity contribution in [3.8, 4) is 28.4 Å². The predicted octanol–water partition coefficient (Wildman–Crippen LogP) is 3.08. The molecule has 2 rings (SSSR count). The number of benzene rings is 2. The van der Waals surface area contributed by atoms with Crippen molar-refractivity contribution >= 4 is 5.97 Å². The van der Waals surface area contributed by atoms with Crippen molar-refractivity contribution in [2.75, 3.05) is 21.3 Å². The number of hydrogen-bond acceptors (Lipinski definition) is 4. The zero-order chi connectivity index (χ0) is 15.4. The lowest BCUT2D eigenvalue weighted by atomic mass is 10.0. The Hall–Kier alpha value is -2.69. The number of ether oxygens (including phenoxy) is 3. The summed E-state index contributed by atoms with van der Waals surface area (Å²) in [7, 11) is 4.60. The Morgan fingerprint density at radius 2 is 1.62 bits per heavy atom. The van der Waals surface area contributed by atoms with Crippen molar-refractivity contribution < 1.29 is 24.1 Å². The van der Waals surface area contributed by atoms with Gasteiger partial charge in [0.1, 0.15) is 22.8 Å². The summed E-state index contributed by atoms with van der Waals surface area (Å²) in [6.07, 6.45) is 0. The van der Waals surface area contributed by atoms with Gasteiger partial charge in [-0.2, -0.15) is 0 Å². The fourth-order valence-corrected chi connectivity index (χ4v) is 2.08. The highest BCUT2D eigenvalue weighted by Crippen LogP contribution is 2.35. The van der Waals surface area contributed by atoms with Gasteiger partial charge in [-0.1, -0.05) is 6.07 Å². The van der Waals surface area contributed by atoms with E-state index in [1.807, 2.05) is 6.07 Å². The van der Waals surface area contributed by atoms with Crippen LogP contribution in [0.1, 0.15) is 10.4 Å². The summed E-state index contributed by atoms with van der Waals surface area (Å²) in [6.45, 7) is 0. The van der Waals surface area contributed by atoms with E-state index in [1.54, 1.807) is 38.5 Å². The first-order chi connectivity index (χ1) is 10.1. The summed E-state index contributed by atoms with van der Waals surface area (Å²) in [5, 5.41) is 9.12. The molecule has 0 radical (unpaired) electrons. The second-order valence-corrected chi connectivity index (χ2v) is 4.29. The standard InChI is InChI=1S/C16H16O5/c1-19-11-5-7-14(20-2)13(9-11)10-4-6-12(16(17)18)15(8-10)21-3/h4-9H,1-3H3,(H,17,18). The average molecular weight is 288 g/mol. The van der Waals surface area contributed by atoms with E-state index in [4.69, 9.17) is 19.3 Å². The van der Waals surface area contributed by atoms with E-state index in [9.17, 15) is 4.79 Å². The number of rotatable bonds is 5. The summed E-state index contributed by atoms with van der Waals surface area (Å²) in [4.78, 5) is 11.1. The highest BCUT2D eigenvalue weighted by Gasteiger charge is 2.14. The first-order valence-electron chi connectivity index (χ1n) is 6.24. The smallest absolute Gasteiger partial charge is 0.339 e. The van der Waals surface area contributed by atoms with Crippen LogP contribution in [-0.2, 0) is 0 Å². The average Bonchev–Trinajstić information content (AvgIpc) is 2.53. The molecule has 0 saturated carbocycles. The lowest BCUT2D eigenvalue weighted by Gasteiger charge is -2.12. The van der Waals surface area contributed by atoms with Crippen LogP contribution in [0.5, 0.6) is 17.2 Å². The lowest BCUT2D eigenvalue weighted by Crippen LogP contribution is -2.00. The molecule has 21 heavy (non-hydrogen) atoms. The van der Waals surface area contributed by atoms with Gasteiger partial charge in [0.15, 0.2) is 0 Å². The minimum atomic E-state index is -1.03. The largest absolute Gasteiger partial charge is 0.497 e. The Labute approximate surface area is 122 Å². The first-order valence-corrected chi connectivity index (χ1v) is 6.24. The summed E-state index contributed by atoms with van der Waals surface area (Å²) in [5.74, 6) is 0.619. The van der Waals surface area contributed by atoms with Crippen LogP contribution in [0.3, 0.4) is 0 Å². The zero-order valence-corrected chi connectivity index (χ0v) is 12.0. The van der Waals surface area contributed by atoms with E-state index in [0.29, 0.717) is 17.2 Å². The van der Waals surface area contributed by atoms with Gasteiger partial charge in [-0.25, -0.2) is 4.79 Å². The van der Waals surface area contributed by atoms with E-state index in [1.165, 1.54) is 13.2 Å². The maximum absolute atomic E-state index is 11.1. The van der Waals surface area contributed by atoms with Crippen LogP contribution >= 0.6 is 0 Å². The molecule has 0 aliphatic rings. The maximum Gasteiger partial charge on any atom is 0.339 e. The third kappa shape index (κ3) is 2.91. The summed E-state index contributed by atoms with van der Waals surface area (Å²) < 4.78 is 15.7. The van der Waals surface area contributed by atoms with Crippen LogP contribution in [0, 0.1) is 0 Å². The number of methoxy groups -OCH3 is 3. The molecule has 110 valence electrons. The van der Waals surface area contributed by atoms with Crippen molar-refractivity contribution in [2.24, 2.45) is 0 Å². The third-order valence-electron chi connectivity index (χ3n) is 3.15. The molecule has 0 bridgehead atoms. The van der Waals surface area contributed by atoms with Crippen molar-refractivity contribution in [1.82, 2.24) is 0 Å². The van der Waals surface area contributed by atoms with Crippen LogP contribution < -0.4 is 14.2 Å². The monoisotopic (exact) mass is 288 g/mol. The van der Waals surface area contributed by atoms with E-state index < -0.39 is 5.97 Å². The third-order valence-corrected chi connectivity index (χ3v) is 3.15. The number of carbonyl (C=O) groups is 1.